The van der Waals surface area contributed by atoms with Gasteiger partial charge in [-0.1, -0.05) is 18.2 Å². The first-order valence-corrected chi connectivity index (χ1v) is 11.5. The van der Waals surface area contributed by atoms with E-state index in [9.17, 15) is 18.0 Å². The van der Waals surface area contributed by atoms with Gasteiger partial charge in [-0.05, 0) is 65.4 Å². The maximum atomic E-state index is 12.6. The van der Waals surface area contributed by atoms with Gasteiger partial charge in [0.15, 0.2) is 0 Å². The summed E-state index contributed by atoms with van der Waals surface area (Å²) in [5, 5.41) is 9.06. The van der Waals surface area contributed by atoms with E-state index in [1.54, 1.807) is 31.8 Å². The van der Waals surface area contributed by atoms with E-state index < -0.39 is 12.3 Å². The smallest absolute Gasteiger partial charge is 0.481 e. The Hall–Kier alpha value is -3.20. The molecule has 1 N–H and O–H groups in total. The minimum atomic E-state index is -4.74. The second kappa shape index (κ2) is 9.58. The lowest BCUT2D eigenvalue weighted by Gasteiger charge is -2.15. The van der Waals surface area contributed by atoms with E-state index in [4.69, 9.17) is 9.84 Å². The van der Waals surface area contributed by atoms with Crippen LogP contribution < -0.4 is 9.47 Å². The Bertz CT molecular complexity index is 1210. The Morgan fingerprint density at radius 2 is 1.91 bits per heavy atom. The van der Waals surface area contributed by atoms with E-state index in [2.05, 4.69) is 9.72 Å². The van der Waals surface area contributed by atoms with E-state index >= 15 is 0 Å². The molecule has 0 radical (unpaired) electrons. The predicted molar refractivity (Wildman–Crippen MR) is 122 cm³/mol. The molecule has 1 aliphatic rings. The number of thioether (sulfide) groups is 1. The van der Waals surface area contributed by atoms with Crippen LogP contribution in [0.4, 0.5) is 13.2 Å². The number of aryl methyl sites for hydroxylation is 2. The molecule has 0 fully saturated rings. The summed E-state index contributed by atoms with van der Waals surface area (Å²) in [6.07, 6.45) is -2.97. The first-order valence-electron chi connectivity index (χ1n) is 10.5. The second-order valence-electron chi connectivity index (χ2n) is 8.14. The number of ether oxygens (including phenoxy) is 2. The largest absolute Gasteiger partial charge is 0.573 e. The molecule has 4 rings (SSSR count). The number of rotatable bonds is 7. The maximum absolute atomic E-state index is 12.6. The molecule has 9 heteroatoms. The number of carboxylic acids is 1. The fourth-order valence-electron chi connectivity index (χ4n) is 4.15. The molecule has 3 aromatic rings. The molecule has 34 heavy (non-hydrogen) atoms. The lowest BCUT2D eigenvalue weighted by atomic mass is 9.94. The number of fused-ring (bicyclic) bond motifs is 1. The number of alkyl halides is 3. The summed E-state index contributed by atoms with van der Waals surface area (Å²) in [7, 11) is 0. The fraction of sp³-hybridized carbons (Fsp3) is 0.280. The van der Waals surface area contributed by atoms with Gasteiger partial charge in [-0.25, -0.2) is 4.98 Å². The van der Waals surface area contributed by atoms with Gasteiger partial charge < -0.3 is 14.6 Å². The Morgan fingerprint density at radius 3 is 2.59 bits per heavy atom. The third-order valence-electron chi connectivity index (χ3n) is 5.51. The monoisotopic (exact) mass is 489 g/mol. The topological polar surface area (TPSA) is 68.7 Å². The van der Waals surface area contributed by atoms with Crippen molar-refractivity contribution in [2.75, 3.05) is 5.75 Å². The first kappa shape index (κ1) is 23.9. The predicted octanol–water partition coefficient (Wildman–Crippen LogP) is 6.51. The molecule has 2 aromatic carbocycles. The van der Waals surface area contributed by atoms with Crippen LogP contribution in [0.15, 0.2) is 53.6 Å². The van der Waals surface area contributed by atoms with Gasteiger partial charge in [-0.2, -0.15) is 0 Å². The molecule has 0 spiro atoms. The summed E-state index contributed by atoms with van der Waals surface area (Å²) < 4.78 is 47.7. The Labute approximate surface area is 198 Å². The van der Waals surface area contributed by atoms with Crippen molar-refractivity contribution in [2.45, 2.75) is 44.1 Å². The van der Waals surface area contributed by atoms with Crippen molar-refractivity contribution >= 4 is 17.7 Å². The third-order valence-corrected chi connectivity index (χ3v) is 6.75. The zero-order chi connectivity index (χ0) is 24.5. The Morgan fingerprint density at radius 1 is 1.18 bits per heavy atom. The van der Waals surface area contributed by atoms with Crippen LogP contribution in [0.3, 0.4) is 0 Å². The molecule has 178 valence electrons. The minimum absolute atomic E-state index is 0.0462. The molecule has 0 saturated carbocycles. The molecule has 1 aromatic heterocycles. The highest BCUT2D eigenvalue weighted by atomic mass is 32.2. The van der Waals surface area contributed by atoms with Gasteiger partial charge in [0.25, 0.3) is 0 Å². The molecule has 5 nitrogen and oxygen atoms in total. The Balaban J connectivity index is 1.49. The highest BCUT2D eigenvalue weighted by Gasteiger charge is 2.31. The van der Waals surface area contributed by atoms with Gasteiger partial charge in [0.2, 0.25) is 5.88 Å². The van der Waals surface area contributed by atoms with Gasteiger partial charge in [0, 0.05) is 28.8 Å². The van der Waals surface area contributed by atoms with E-state index in [0.717, 1.165) is 27.1 Å². The van der Waals surface area contributed by atoms with Crippen LogP contribution in [0.5, 0.6) is 11.6 Å². The second-order valence-corrected chi connectivity index (χ2v) is 9.20. The molecular formula is C25H22F3NO4S. The van der Waals surface area contributed by atoms with E-state index in [0.29, 0.717) is 22.8 Å². The van der Waals surface area contributed by atoms with Crippen LogP contribution in [-0.4, -0.2) is 28.2 Å². The number of hydrogen-bond donors (Lipinski definition) is 1. The lowest BCUT2D eigenvalue weighted by molar-refractivity contribution is -0.274. The summed E-state index contributed by atoms with van der Waals surface area (Å²) in [5.41, 5.74) is 4.86. The van der Waals surface area contributed by atoms with E-state index in [-0.39, 0.29) is 24.7 Å². The van der Waals surface area contributed by atoms with Gasteiger partial charge in [0.1, 0.15) is 12.4 Å². The van der Waals surface area contributed by atoms with Crippen molar-refractivity contribution in [1.29, 1.82) is 0 Å². The van der Waals surface area contributed by atoms with E-state index in [1.807, 2.05) is 30.3 Å². The van der Waals surface area contributed by atoms with Gasteiger partial charge in [-0.15, -0.1) is 24.9 Å². The van der Waals surface area contributed by atoms with Crippen molar-refractivity contribution in [3.8, 4) is 22.8 Å². The minimum Gasteiger partial charge on any atom is -0.481 e. The number of nitrogens with zero attached hydrogens (tertiary/aromatic N) is 1. The summed E-state index contributed by atoms with van der Waals surface area (Å²) in [6, 6.07) is 12.2. The summed E-state index contributed by atoms with van der Waals surface area (Å²) >= 11 is 1.60. The molecule has 1 aliphatic heterocycles. The number of pyridine rings is 1. The number of halogens is 3. The van der Waals surface area contributed by atoms with Crippen molar-refractivity contribution in [3.63, 3.8) is 0 Å². The molecule has 0 bridgehead atoms. The summed E-state index contributed by atoms with van der Waals surface area (Å²) in [6.45, 7) is 3.76. The molecule has 2 heterocycles. The number of carbonyl (C=O) groups is 1. The molecule has 0 saturated heterocycles. The zero-order valence-electron chi connectivity index (χ0n) is 18.5. The molecule has 0 aliphatic carbocycles. The number of hydrogen-bond acceptors (Lipinski definition) is 5. The molecular weight excluding hydrogens is 467 g/mol. The first-order chi connectivity index (χ1) is 16.1. The van der Waals surface area contributed by atoms with Gasteiger partial charge >= 0.3 is 12.3 Å². The van der Waals surface area contributed by atoms with E-state index in [1.165, 1.54) is 12.1 Å². The van der Waals surface area contributed by atoms with Gasteiger partial charge in [0.05, 0.1) is 6.42 Å². The average Bonchev–Trinajstić information content (AvgIpc) is 3.12. The van der Waals surface area contributed by atoms with Crippen LogP contribution in [0.2, 0.25) is 0 Å². The summed E-state index contributed by atoms with van der Waals surface area (Å²) in [5.74, 6) is 0.0487. The normalized spacial score (nSPS) is 15.1. The highest BCUT2D eigenvalue weighted by Crippen LogP contribution is 2.42. The van der Waals surface area contributed by atoms with Crippen LogP contribution in [0.1, 0.15) is 34.6 Å². The number of aromatic nitrogens is 1. The number of benzene rings is 2. The zero-order valence-corrected chi connectivity index (χ0v) is 19.3. The fourth-order valence-corrected chi connectivity index (χ4v) is 5.39. The third kappa shape index (κ3) is 5.64. The van der Waals surface area contributed by atoms with Crippen LogP contribution >= 0.6 is 11.8 Å². The molecule has 0 amide bonds. The highest BCUT2D eigenvalue weighted by molar-refractivity contribution is 7.99. The number of aliphatic carboxylic acids is 1. The molecule has 1 unspecified atom stereocenters. The van der Waals surface area contributed by atoms with Crippen LogP contribution in [-0.2, 0) is 11.4 Å². The standard InChI is InChI=1S/C25H22F3NO4S/c1-14-6-19(33-25(26,27)28)7-15(2)24(14)17-5-3-4-16(8-17)12-32-22-10-21-20(11-29-22)18(13-34-21)9-23(30)31/h3-8,10-11,18H,9,12-13H2,1-2H3,(H,30,31). The summed E-state index contributed by atoms with van der Waals surface area (Å²) in [4.78, 5) is 16.3. The van der Waals surface area contributed by atoms with Crippen molar-refractivity contribution < 1.29 is 32.5 Å². The van der Waals surface area contributed by atoms with Crippen LogP contribution in [0.25, 0.3) is 11.1 Å². The van der Waals surface area contributed by atoms with Crippen LogP contribution in [0, 0.1) is 13.8 Å². The lowest BCUT2D eigenvalue weighted by Crippen LogP contribution is -2.17. The quantitative estimate of drug-likeness (QED) is 0.408. The molecule has 1 atom stereocenters. The average molecular weight is 490 g/mol. The maximum Gasteiger partial charge on any atom is 0.573 e. The van der Waals surface area contributed by atoms with Crippen molar-refractivity contribution in [2.24, 2.45) is 0 Å². The van der Waals surface area contributed by atoms with Crippen molar-refractivity contribution in [3.05, 3.63) is 70.9 Å². The SMILES string of the molecule is Cc1cc(OC(F)(F)F)cc(C)c1-c1cccc(COc2cc3c(cn2)C(CC(=O)O)CS3)c1. The Kier molecular flexibility index (Phi) is 6.74. The number of carboxylic acid groups (broad SMARTS) is 1. The van der Waals surface area contributed by atoms with Gasteiger partial charge in [-0.3, -0.25) is 4.79 Å². The van der Waals surface area contributed by atoms with Crippen molar-refractivity contribution in [1.82, 2.24) is 4.98 Å².